The Morgan fingerprint density at radius 1 is 1.28 bits per heavy atom. The van der Waals surface area contributed by atoms with E-state index in [1.807, 2.05) is 39.0 Å². The third-order valence-electron chi connectivity index (χ3n) is 3.50. The Labute approximate surface area is 175 Å². The van der Waals surface area contributed by atoms with Crippen molar-refractivity contribution >= 4 is 35.4 Å². The lowest BCUT2D eigenvalue weighted by molar-refractivity contribution is 0.0823. The lowest BCUT2D eigenvalue weighted by atomic mass is 10.1. The number of ether oxygens (including phenoxy) is 1. The number of benzene rings is 1. The fraction of sp³-hybridized carbons (Fsp3) is 0.381. The van der Waals surface area contributed by atoms with Crippen LogP contribution in [0.25, 0.3) is 6.08 Å². The van der Waals surface area contributed by atoms with Crippen molar-refractivity contribution in [3.05, 3.63) is 48.6 Å². The zero-order chi connectivity index (χ0) is 21.8. The second-order valence-corrected chi connectivity index (χ2v) is 7.21. The first-order chi connectivity index (χ1) is 13.8. The molecular formula is C21H28F3N3OS. The molecule has 0 saturated carbocycles. The molecule has 160 valence electrons. The molecule has 0 heterocycles. The number of alkyl halides is 2. The van der Waals surface area contributed by atoms with Gasteiger partial charge < -0.3 is 14.8 Å². The first-order valence-corrected chi connectivity index (χ1v) is 10.0. The maximum Gasteiger partial charge on any atom is 0.272 e. The number of aliphatic imine (C=N–C) groups is 1. The van der Waals surface area contributed by atoms with Crippen LogP contribution in [-0.4, -0.2) is 31.4 Å². The van der Waals surface area contributed by atoms with Crippen molar-refractivity contribution in [3.63, 3.8) is 0 Å². The highest BCUT2D eigenvalue weighted by atomic mass is 32.2. The number of nitrogens with zero attached hydrogens (tertiary/aromatic N) is 1. The highest BCUT2D eigenvalue weighted by Crippen LogP contribution is 2.35. The molecule has 0 radical (unpaired) electrons. The third kappa shape index (κ3) is 9.13. The Bertz CT molecular complexity index is 749. The average Bonchev–Trinajstić information content (AvgIpc) is 2.68. The lowest BCUT2D eigenvalue weighted by Crippen LogP contribution is -2.09. The van der Waals surface area contributed by atoms with Crippen LogP contribution in [-0.2, 0) is 0 Å². The average molecular weight is 428 g/mol. The normalized spacial score (nSPS) is 13.5. The molecular weight excluding hydrogens is 399 g/mol. The van der Waals surface area contributed by atoms with Crippen molar-refractivity contribution in [2.45, 2.75) is 32.6 Å². The summed E-state index contributed by atoms with van der Waals surface area (Å²) in [6.45, 7) is 8.49. The van der Waals surface area contributed by atoms with Crippen molar-refractivity contribution in [1.29, 1.82) is 0 Å². The van der Waals surface area contributed by atoms with Crippen LogP contribution in [0, 0.1) is 5.92 Å². The molecule has 0 spiro atoms. The van der Waals surface area contributed by atoms with Crippen LogP contribution in [0.1, 0.15) is 26.3 Å². The van der Waals surface area contributed by atoms with E-state index in [4.69, 9.17) is 4.74 Å². The van der Waals surface area contributed by atoms with Crippen LogP contribution in [0.5, 0.6) is 5.75 Å². The van der Waals surface area contributed by atoms with Crippen LogP contribution >= 0.6 is 11.9 Å². The van der Waals surface area contributed by atoms with E-state index in [0.29, 0.717) is 5.69 Å². The minimum atomic E-state index is -2.60. The maximum absolute atomic E-state index is 13.6. The summed E-state index contributed by atoms with van der Waals surface area (Å²) in [7, 11) is 1.76. The van der Waals surface area contributed by atoms with Gasteiger partial charge in [-0.05, 0) is 43.0 Å². The van der Waals surface area contributed by atoms with Crippen LogP contribution < -0.4 is 14.8 Å². The van der Waals surface area contributed by atoms with E-state index in [9.17, 15) is 13.2 Å². The van der Waals surface area contributed by atoms with Gasteiger partial charge in [-0.1, -0.05) is 44.7 Å². The fourth-order valence-corrected chi connectivity index (χ4v) is 2.94. The van der Waals surface area contributed by atoms with E-state index in [1.165, 1.54) is 0 Å². The molecule has 0 aliphatic rings. The zero-order valence-electron chi connectivity index (χ0n) is 17.1. The molecule has 0 amide bonds. The Kier molecular flexibility index (Phi) is 11.1. The Balaban J connectivity index is 3.18. The predicted octanol–water partition coefficient (Wildman–Crippen LogP) is 6.56. The van der Waals surface area contributed by atoms with E-state index in [1.54, 1.807) is 25.3 Å². The molecule has 4 nitrogen and oxygen atoms in total. The van der Waals surface area contributed by atoms with Crippen molar-refractivity contribution in [2.75, 3.05) is 23.7 Å². The number of anilines is 2. The minimum absolute atomic E-state index is 0.265. The molecule has 1 rings (SSSR count). The van der Waals surface area contributed by atoms with Crippen LogP contribution in [0.3, 0.4) is 0 Å². The summed E-state index contributed by atoms with van der Waals surface area (Å²) in [6.07, 6.45) is 5.78. The smallest absolute Gasteiger partial charge is 0.272 e. The van der Waals surface area contributed by atoms with Crippen LogP contribution in [0.4, 0.5) is 24.5 Å². The quantitative estimate of drug-likeness (QED) is 0.225. The number of hydrogen-bond donors (Lipinski definition) is 2. The van der Waals surface area contributed by atoms with Crippen molar-refractivity contribution in [2.24, 2.45) is 10.9 Å². The van der Waals surface area contributed by atoms with Gasteiger partial charge in [-0.2, -0.15) is 4.39 Å². The molecule has 0 saturated heterocycles. The summed E-state index contributed by atoms with van der Waals surface area (Å²) in [5, 5.41) is 2.49. The summed E-state index contributed by atoms with van der Waals surface area (Å²) in [6, 6.07) is 3.42. The fourth-order valence-electron chi connectivity index (χ4n) is 2.21. The zero-order valence-corrected chi connectivity index (χ0v) is 17.9. The van der Waals surface area contributed by atoms with Gasteiger partial charge in [0.2, 0.25) is 5.97 Å². The molecule has 0 fully saturated rings. The molecule has 0 aliphatic carbocycles. The number of halogens is 3. The summed E-state index contributed by atoms with van der Waals surface area (Å²) < 4.78 is 47.3. The standard InChI is InChI=1S/C21H28F3N3OS/c1-6-8-15-11-18(28-13-19(22)23)17(12-16(15)25-5)27-29-21(10-9-14(3)4)26-20(24)7-2/h6-12,14,19,21,25,27H,2,13H2,1,3-5H3/b8-6+,10-9?,26-20+. The number of nitrogens with one attached hydrogen (secondary N) is 2. The molecule has 2 N–H and O–H groups in total. The molecule has 1 atom stereocenters. The van der Waals surface area contributed by atoms with Gasteiger partial charge in [0.25, 0.3) is 6.43 Å². The molecule has 1 aromatic rings. The number of rotatable bonds is 12. The molecule has 29 heavy (non-hydrogen) atoms. The molecule has 0 bridgehead atoms. The van der Waals surface area contributed by atoms with Crippen molar-refractivity contribution in [3.8, 4) is 5.75 Å². The van der Waals surface area contributed by atoms with Crippen LogP contribution in [0.2, 0.25) is 0 Å². The Morgan fingerprint density at radius 2 is 2.00 bits per heavy atom. The number of allylic oxidation sites excluding steroid dienone is 3. The second-order valence-electron chi connectivity index (χ2n) is 6.28. The summed E-state index contributed by atoms with van der Waals surface area (Å²) in [5.41, 5.74) is 2.05. The lowest BCUT2D eigenvalue weighted by Gasteiger charge is -2.18. The van der Waals surface area contributed by atoms with Gasteiger partial charge in [0.1, 0.15) is 17.7 Å². The van der Waals surface area contributed by atoms with Gasteiger partial charge in [0.05, 0.1) is 5.69 Å². The second kappa shape index (κ2) is 13.0. The van der Waals surface area contributed by atoms with Gasteiger partial charge in [-0.3, -0.25) is 0 Å². The predicted molar refractivity (Wildman–Crippen MR) is 120 cm³/mol. The van der Waals surface area contributed by atoms with E-state index >= 15 is 0 Å². The van der Waals surface area contributed by atoms with Gasteiger partial charge in [-0.25, -0.2) is 13.8 Å². The topological polar surface area (TPSA) is 45.7 Å². The monoisotopic (exact) mass is 427 g/mol. The van der Waals surface area contributed by atoms with E-state index in [-0.39, 0.29) is 11.7 Å². The number of hydrogen-bond acceptors (Lipinski definition) is 5. The molecule has 0 aliphatic heterocycles. The van der Waals surface area contributed by atoms with Crippen molar-refractivity contribution < 1.29 is 17.9 Å². The van der Waals surface area contributed by atoms with Gasteiger partial charge in [0, 0.05) is 18.3 Å². The highest BCUT2D eigenvalue weighted by Gasteiger charge is 2.14. The van der Waals surface area contributed by atoms with E-state index in [2.05, 4.69) is 21.6 Å². The van der Waals surface area contributed by atoms with Crippen molar-refractivity contribution in [1.82, 2.24) is 0 Å². The van der Waals surface area contributed by atoms with E-state index in [0.717, 1.165) is 29.3 Å². The maximum atomic E-state index is 13.6. The highest BCUT2D eigenvalue weighted by molar-refractivity contribution is 8.01. The summed E-state index contributed by atoms with van der Waals surface area (Å²) in [5.74, 6) is -0.156. The minimum Gasteiger partial charge on any atom is -0.485 e. The van der Waals surface area contributed by atoms with Gasteiger partial charge in [-0.15, -0.1) is 0 Å². The van der Waals surface area contributed by atoms with Gasteiger partial charge in [0.15, 0.2) is 0 Å². The first-order valence-electron chi connectivity index (χ1n) is 9.15. The van der Waals surface area contributed by atoms with Crippen LogP contribution in [0.15, 0.2) is 48.0 Å². The summed E-state index contributed by atoms with van der Waals surface area (Å²) in [4.78, 5) is 3.93. The van der Waals surface area contributed by atoms with E-state index < -0.39 is 24.4 Å². The molecule has 0 aromatic heterocycles. The molecule has 1 aromatic carbocycles. The SMILES string of the molecule is C=C/C(F)=N\C(C=CC(C)C)SNc1cc(NC)c(/C=C/C)cc1OCC(F)F. The third-order valence-corrected chi connectivity index (χ3v) is 4.34. The Morgan fingerprint density at radius 3 is 2.55 bits per heavy atom. The molecule has 8 heteroatoms. The first kappa shape index (κ1) is 24.7. The largest absolute Gasteiger partial charge is 0.485 e. The molecule has 1 unspecified atom stereocenters. The Hall–Kier alpha value is -2.35. The summed E-state index contributed by atoms with van der Waals surface area (Å²) >= 11 is 1.12. The van der Waals surface area contributed by atoms with Gasteiger partial charge >= 0.3 is 0 Å².